The van der Waals surface area contributed by atoms with Gasteiger partial charge in [0.1, 0.15) is 5.82 Å². The molecule has 2 N–H and O–H groups in total. The van der Waals surface area contributed by atoms with E-state index in [-0.39, 0.29) is 11.9 Å². The smallest absolute Gasteiger partial charge is 0.220 e. The summed E-state index contributed by atoms with van der Waals surface area (Å²) in [5.74, 6) is 3.10. The lowest BCUT2D eigenvalue weighted by atomic mass is 9.84. The molecule has 3 heterocycles. The summed E-state index contributed by atoms with van der Waals surface area (Å²) in [6, 6.07) is 0.0317. The van der Waals surface area contributed by atoms with Crippen molar-refractivity contribution in [1.82, 2.24) is 25.4 Å². The zero-order valence-electron chi connectivity index (χ0n) is 14.3. The number of carbonyl (C=O) groups excluding carboxylic acids is 1. The minimum absolute atomic E-state index is 0.0317. The Labute approximate surface area is 138 Å². The number of amides is 1. The molecular weight excluding hydrogens is 290 g/mol. The van der Waals surface area contributed by atoms with Crippen LogP contribution < -0.4 is 10.6 Å². The number of hydrogen-bond acceptors (Lipinski definition) is 4. The van der Waals surface area contributed by atoms with E-state index in [1.807, 2.05) is 4.68 Å². The van der Waals surface area contributed by atoms with Gasteiger partial charge in [0.05, 0.1) is 6.04 Å². The lowest BCUT2D eigenvalue weighted by Crippen LogP contribution is -2.36. The van der Waals surface area contributed by atoms with Gasteiger partial charge in [0.2, 0.25) is 5.91 Å². The second-order valence-corrected chi connectivity index (χ2v) is 6.99. The van der Waals surface area contributed by atoms with E-state index in [0.717, 1.165) is 50.5 Å². The molecule has 1 amide bonds. The van der Waals surface area contributed by atoms with E-state index in [1.165, 1.54) is 12.8 Å². The Bertz CT molecular complexity index is 535. The summed E-state index contributed by atoms with van der Waals surface area (Å²) in [5.41, 5.74) is 0. The molecule has 0 aliphatic carbocycles. The first-order chi connectivity index (χ1) is 11.2. The summed E-state index contributed by atoms with van der Waals surface area (Å²) in [6.45, 7) is 7.37. The average molecular weight is 319 g/mol. The van der Waals surface area contributed by atoms with E-state index in [4.69, 9.17) is 0 Å². The lowest BCUT2D eigenvalue weighted by molar-refractivity contribution is -0.123. The van der Waals surface area contributed by atoms with E-state index in [9.17, 15) is 4.79 Å². The third-order valence-electron chi connectivity index (χ3n) is 5.27. The van der Waals surface area contributed by atoms with Crippen LogP contribution in [-0.2, 0) is 17.8 Å². The van der Waals surface area contributed by atoms with Gasteiger partial charge in [0.25, 0.3) is 0 Å². The van der Waals surface area contributed by atoms with Crippen molar-refractivity contribution in [3.63, 3.8) is 0 Å². The fourth-order valence-electron chi connectivity index (χ4n) is 3.81. The highest BCUT2D eigenvalue weighted by molar-refractivity contribution is 5.76. The van der Waals surface area contributed by atoms with Crippen molar-refractivity contribution < 1.29 is 4.79 Å². The minimum Gasteiger partial charge on any atom is -0.346 e. The molecule has 0 aromatic carbocycles. The van der Waals surface area contributed by atoms with Gasteiger partial charge in [-0.25, -0.2) is 9.67 Å². The number of piperidine rings is 1. The number of nitrogens with zero attached hydrogens (tertiary/aromatic N) is 3. The molecule has 6 nitrogen and oxygen atoms in total. The monoisotopic (exact) mass is 319 g/mol. The van der Waals surface area contributed by atoms with Crippen LogP contribution in [0.2, 0.25) is 0 Å². The number of rotatable bonds is 5. The Kier molecular flexibility index (Phi) is 5.30. The predicted octanol–water partition coefficient (Wildman–Crippen LogP) is 1.82. The Morgan fingerprint density at radius 3 is 2.91 bits per heavy atom. The van der Waals surface area contributed by atoms with Crippen LogP contribution in [0.3, 0.4) is 0 Å². The highest BCUT2D eigenvalue weighted by Crippen LogP contribution is 2.26. The van der Waals surface area contributed by atoms with Crippen molar-refractivity contribution in [3.05, 3.63) is 11.6 Å². The maximum absolute atomic E-state index is 12.5. The zero-order chi connectivity index (χ0) is 16.2. The van der Waals surface area contributed by atoms with Crippen LogP contribution in [0, 0.1) is 11.8 Å². The molecule has 2 atom stereocenters. The minimum atomic E-state index is 0.0317. The molecule has 128 valence electrons. The number of nitrogens with one attached hydrogen (secondary N) is 2. The van der Waals surface area contributed by atoms with Crippen LogP contribution in [0.5, 0.6) is 0 Å². The van der Waals surface area contributed by atoms with Crippen molar-refractivity contribution >= 4 is 5.91 Å². The Morgan fingerprint density at radius 1 is 1.39 bits per heavy atom. The average Bonchev–Trinajstić information content (AvgIpc) is 3.00. The summed E-state index contributed by atoms with van der Waals surface area (Å²) in [7, 11) is 0. The van der Waals surface area contributed by atoms with Crippen LogP contribution in [0.15, 0.2) is 0 Å². The molecule has 3 rings (SSSR count). The van der Waals surface area contributed by atoms with Gasteiger partial charge < -0.3 is 10.6 Å². The quantitative estimate of drug-likeness (QED) is 0.868. The summed E-state index contributed by atoms with van der Waals surface area (Å²) in [6.07, 6.45) is 5.85. The first-order valence-electron chi connectivity index (χ1n) is 9.11. The van der Waals surface area contributed by atoms with Gasteiger partial charge in [-0.15, -0.1) is 0 Å². The van der Waals surface area contributed by atoms with Crippen molar-refractivity contribution in [2.24, 2.45) is 11.8 Å². The first-order valence-corrected chi connectivity index (χ1v) is 9.11. The van der Waals surface area contributed by atoms with Crippen LogP contribution >= 0.6 is 0 Å². The van der Waals surface area contributed by atoms with E-state index in [1.54, 1.807) is 0 Å². The van der Waals surface area contributed by atoms with Crippen LogP contribution in [-0.4, -0.2) is 33.8 Å². The third kappa shape index (κ3) is 3.91. The number of fused-ring (bicyclic) bond motifs is 1. The Hall–Kier alpha value is -1.43. The zero-order valence-corrected chi connectivity index (χ0v) is 14.3. The van der Waals surface area contributed by atoms with Gasteiger partial charge in [-0.3, -0.25) is 4.79 Å². The molecule has 0 saturated carbocycles. The second-order valence-electron chi connectivity index (χ2n) is 6.99. The summed E-state index contributed by atoms with van der Waals surface area (Å²) in [4.78, 5) is 17.1. The third-order valence-corrected chi connectivity index (χ3v) is 5.27. The molecule has 1 aromatic rings. The predicted molar refractivity (Wildman–Crippen MR) is 88.9 cm³/mol. The molecule has 1 fully saturated rings. The van der Waals surface area contributed by atoms with E-state index in [0.29, 0.717) is 18.3 Å². The van der Waals surface area contributed by atoms with Gasteiger partial charge in [-0.1, -0.05) is 13.8 Å². The fourth-order valence-corrected chi connectivity index (χ4v) is 3.81. The molecule has 2 aliphatic heterocycles. The summed E-state index contributed by atoms with van der Waals surface area (Å²) >= 11 is 0. The Balaban J connectivity index is 1.57. The highest BCUT2D eigenvalue weighted by atomic mass is 16.1. The number of aryl methyl sites for hydroxylation is 2. The van der Waals surface area contributed by atoms with E-state index >= 15 is 0 Å². The Morgan fingerprint density at radius 2 is 2.17 bits per heavy atom. The fraction of sp³-hybridized carbons (Fsp3) is 0.824. The van der Waals surface area contributed by atoms with Crippen LogP contribution in [0.1, 0.15) is 63.6 Å². The molecule has 1 saturated heterocycles. The van der Waals surface area contributed by atoms with Gasteiger partial charge in [-0.2, -0.15) is 5.10 Å². The van der Waals surface area contributed by atoms with Crippen molar-refractivity contribution in [3.8, 4) is 0 Å². The number of carbonyl (C=O) groups is 1. The van der Waals surface area contributed by atoms with Crippen molar-refractivity contribution in [1.29, 1.82) is 0 Å². The van der Waals surface area contributed by atoms with Crippen LogP contribution in [0.4, 0.5) is 0 Å². The maximum atomic E-state index is 12.5. The number of aromatic nitrogens is 3. The maximum Gasteiger partial charge on any atom is 0.220 e. The molecule has 2 aliphatic rings. The molecule has 0 bridgehead atoms. The van der Waals surface area contributed by atoms with Crippen molar-refractivity contribution in [2.75, 3.05) is 13.1 Å². The van der Waals surface area contributed by atoms with Gasteiger partial charge in [-0.05, 0) is 50.6 Å². The standard InChI is InChI=1S/C17H29N5O/c1-3-15-20-17-14(5-4-10-22(17)21-15)19-16(23)11-12(2)13-6-8-18-9-7-13/h12-14,18H,3-11H2,1-2H3,(H,19,23). The number of hydrogen-bond donors (Lipinski definition) is 2. The van der Waals surface area contributed by atoms with Crippen molar-refractivity contribution in [2.45, 2.75) is 65.0 Å². The van der Waals surface area contributed by atoms with E-state index < -0.39 is 0 Å². The molecule has 2 unspecified atom stereocenters. The highest BCUT2D eigenvalue weighted by Gasteiger charge is 2.27. The SMILES string of the molecule is CCc1nc2n(n1)CCCC2NC(=O)CC(C)C1CCNCC1. The molecule has 6 heteroatoms. The molecule has 0 spiro atoms. The van der Waals surface area contributed by atoms with Crippen LogP contribution in [0.25, 0.3) is 0 Å². The van der Waals surface area contributed by atoms with Gasteiger partial charge in [0.15, 0.2) is 5.82 Å². The lowest BCUT2D eigenvalue weighted by Gasteiger charge is -2.29. The normalized spacial score (nSPS) is 23.3. The molecule has 23 heavy (non-hydrogen) atoms. The van der Waals surface area contributed by atoms with Gasteiger partial charge >= 0.3 is 0 Å². The largest absolute Gasteiger partial charge is 0.346 e. The summed E-state index contributed by atoms with van der Waals surface area (Å²) in [5, 5.41) is 11.1. The van der Waals surface area contributed by atoms with Gasteiger partial charge in [0, 0.05) is 19.4 Å². The molecule has 0 radical (unpaired) electrons. The topological polar surface area (TPSA) is 71.8 Å². The second kappa shape index (κ2) is 7.43. The molecular formula is C17H29N5O. The summed E-state index contributed by atoms with van der Waals surface area (Å²) < 4.78 is 1.98. The first kappa shape index (κ1) is 16.4. The van der Waals surface area contributed by atoms with E-state index in [2.05, 4.69) is 34.6 Å². The molecule has 1 aromatic heterocycles.